The average molecular weight is 420 g/mol. The first-order chi connectivity index (χ1) is 13.4. The number of nitrogens with one attached hydrogen (secondary N) is 1. The third kappa shape index (κ3) is 3.70. The highest BCUT2D eigenvalue weighted by atomic mass is 32.2. The molecule has 1 aromatic heterocycles. The minimum Gasteiger partial charge on any atom is -0.493 e. The number of nitrogens with zero attached hydrogens (tertiary/aromatic N) is 4. The second kappa shape index (κ2) is 7.31. The summed E-state index contributed by atoms with van der Waals surface area (Å²) < 4.78 is 37.2. The molecule has 1 N–H and O–H groups in total. The van der Waals surface area contributed by atoms with Crippen molar-refractivity contribution in [2.45, 2.75) is 37.1 Å². The van der Waals surface area contributed by atoms with Gasteiger partial charge in [0.2, 0.25) is 5.13 Å². The molecule has 1 saturated heterocycles. The normalized spacial score (nSPS) is 21.9. The minimum atomic E-state index is -3.75. The number of anilines is 1. The highest BCUT2D eigenvalue weighted by molar-refractivity contribution is 7.93. The Bertz CT molecular complexity index is 993. The van der Waals surface area contributed by atoms with E-state index in [4.69, 9.17) is 4.74 Å². The summed E-state index contributed by atoms with van der Waals surface area (Å²) in [6.07, 6.45) is 3.84. The number of likely N-dealkylation sites (tertiary alicyclic amines) is 1. The number of nitriles is 1. The molecule has 8 nitrogen and oxygen atoms in total. The maximum Gasteiger partial charge on any atom is 0.263 e. The van der Waals surface area contributed by atoms with Crippen molar-refractivity contribution < 1.29 is 13.2 Å². The number of sulfonamides is 1. The van der Waals surface area contributed by atoms with E-state index in [2.05, 4.69) is 25.0 Å². The quantitative estimate of drug-likeness (QED) is 0.812. The molecule has 148 valence electrons. The Morgan fingerprint density at radius 3 is 2.86 bits per heavy atom. The summed E-state index contributed by atoms with van der Waals surface area (Å²) in [4.78, 5) is 6.38. The molecule has 0 aliphatic carbocycles. The molecule has 2 aliphatic heterocycles. The molecule has 3 heterocycles. The van der Waals surface area contributed by atoms with E-state index in [1.807, 2.05) is 13.0 Å². The SMILES string of the molecule is CC1(C#N)CCN(C2CCOc3cc(S(=O)(=O)Nc4ncns4)ccc32)CC1. The summed E-state index contributed by atoms with van der Waals surface area (Å²) in [6.45, 7) is 4.26. The minimum absolute atomic E-state index is 0.137. The highest BCUT2D eigenvalue weighted by Crippen LogP contribution is 2.41. The molecule has 4 rings (SSSR count). The second-order valence-electron chi connectivity index (χ2n) is 7.41. The summed E-state index contributed by atoms with van der Waals surface area (Å²) >= 11 is 0.982. The van der Waals surface area contributed by atoms with Gasteiger partial charge in [0, 0.05) is 48.7 Å². The highest BCUT2D eigenvalue weighted by Gasteiger charge is 2.35. The van der Waals surface area contributed by atoms with Crippen LogP contribution in [0, 0.1) is 16.7 Å². The van der Waals surface area contributed by atoms with Gasteiger partial charge in [-0.25, -0.2) is 13.4 Å². The van der Waals surface area contributed by atoms with Crippen molar-refractivity contribution in [1.82, 2.24) is 14.3 Å². The Morgan fingerprint density at radius 2 is 2.18 bits per heavy atom. The van der Waals surface area contributed by atoms with Crippen LogP contribution in [0.4, 0.5) is 5.13 Å². The van der Waals surface area contributed by atoms with Crippen LogP contribution >= 0.6 is 11.5 Å². The number of aromatic nitrogens is 2. The maximum absolute atomic E-state index is 12.6. The standard InChI is InChI=1S/C18H21N5O3S2/c1-18(11-19)5-7-23(8-6-18)15-4-9-26-16-10-13(2-3-14(15)16)28(24,25)22-17-20-12-21-27-17/h2-3,10,12,15H,4-9H2,1H3,(H,20,21,22). The number of hydrogen-bond donors (Lipinski definition) is 1. The lowest BCUT2D eigenvalue weighted by atomic mass is 9.81. The molecule has 0 amide bonds. The molecule has 1 fully saturated rings. The van der Waals surface area contributed by atoms with Crippen LogP contribution in [0.2, 0.25) is 0 Å². The molecule has 0 saturated carbocycles. The van der Waals surface area contributed by atoms with Gasteiger partial charge in [0.15, 0.2) is 0 Å². The molecule has 2 aliphatic rings. The Morgan fingerprint density at radius 1 is 1.39 bits per heavy atom. The summed E-state index contributed by atoms with van der Waals surface area (Å²) in [5.41, 5.74) is 0.750. The van der Waals surface area contributed by atoms with Crippen molar-refractivity contribution in [2.75, 3.05) is 24.4 Å². The fourth-order valence-electron chi connectivity index (χ4n) is 3.73. The van der Waals surface area contributed by atoms with Gasteiger partial charge >= 0.3 is 0 Å². The molecule has 28 heavy (non-hydrogen) atoms. The summed E-state index contributed by atoms with van der Waals surface area (Å²) in [6, 6.07) is 7.63. The number of fused-ring (bicyclic) bond motifs is 1. The monoisotopic (exact) mass is 419 g/mol. The number of ether oxygens (including phenoxy) is 1. The maximum atomic E-state index is 12.6. The Balaban J connectivity index is 1.56. The first-order valence-electron chi connectivity index (χ1n) is 9.12. The van der Waals surface area contributed by atoms with Crippen LogP contribution in [-0.4, -0.2) is 42.4 Å². The first kappa shape index (κ1) is 19.1. The van der Waals surface area contributed by atoms with Gasteiger partial charge in [-0.3, -0.25) is 9.62 Å². The van der Waals surface area contributed by atoms with Crippen molar-refractivity contribution in [3.8, 4) is 11.8 Å². The lowest BCUT2D eigenvalue weighted by Crippen LogP contribution is -2.41. The van der Waals surface area contributed by atoms with E-state index in [0.29, 0.717) is 12.4 Å². The van der Waals surface area contributed by atoms with E-state index in [0.717, 1.165) is 49.4 Å². The van der Waals surface area contributed by atoms with Gasteiger partial charge in [-0.1, -0.05) is 6.07 Å². The van der Waals surface area contributed by atoms with E-state index in [1.165, 1.54) is 6.33 Å². The van der Waals surface area contributed by atoms with E-state index in [1.54, 1.807) is 12.1 Å². The number of piperidine rings is 1. The summed E-state index contributed by atoms with van der Waals surface area (Å²) in [5, 5.41) is 9.57. The van der Waals surface area contributed by atoms with Crippen molar-refractivity contribution >= 4 is 26.7 Å². The van der Waals surface area contributed by atoms with E-state index < -0.39 is 10.0 Å². The number of rotatable bonds is 4. The second-order valence-corrected chi connectivity index (χ2v) is 9.88. The molecule has 1 aromatic carbocycles. The number of benzene rings is 1. The van der Waals surface area contributed by atoms with E-state index in [-0.39, 0.29) is 21.5 Å². The topological polar surface area (TPSA) is 108 Å². The first-order valence-corrected chi connectivity index (χ1v) is 11.4. The van der Waals surface area contributed by atoms with Crippen molar-refractivity contribution in [1.29, 1.82) is 5.26 Å². The van der Waals surface area contributed by atoms with E-state index >= 15 is 0 Å². The van der Waals surface area contributed by atoms with Gasteiger partial charge in [-0.2, -0.15) is 9.64 Å². The van der Waals surface area contributed by atoms with Crippen molar-refractivity contribution in [3.05, 3.63) is 30.1 Å². The largest absolute Gasteiger partial charge is 0.493 e. The van der Waals surface area contributed by atoms with Crippen molar-refractivity contribution in [2.24, 2.45) is 5.41 Å². The molecule has 0 spiro atoms. The third-order valence-corrected chi connectivity index (χ3v) is 7.54. The smallest absolute Gasteiger partial charge is 0.263 e. The summed E-state index contributed by atoms with van der Waals surface area (Å²) in [7, 11) is -3.75. The summed E-state index contributed by atoms with van der Waals surface area (Å²) in [5.74, 6) is 0.602. The molecule has 1 atom stereocenters. The van der Waals surface area contributed by atoms with Crippen LogP contribution in [0.3, 0.4) is 0 Å². The molecule has 10 heteroatoms. The van der Waals surface area contributed by atoms with Gasteiger partial charge < -0.3 is 4.74 Å². The van der Waals surface area contributed by atoms with Crippen LogP contribution in [0.15, 0.2) is 29.4 Å². The zero-order valence-electron chi connectivity index (χ0n) is 15.5. The molecule has 0 radical (unpaired) electrons. The third-order valence-electron chi connectivity index (χ3n) is 5.50. The number of hydrogen-bond acceptors (Lipinski definition) is 8. The predicted molar refractivity (Wildman–Crippen MR) is 105 cm³/mol. The van der Waals surface area contributed by atoms with Gasteiger partial charge in [-0.05, 0) is 25.8 Å². The van der Waals surface area contributed by atoms with Crippen LogP contribution < -0.4 is 9.46 Å². The lowest BCUT2D eigenvalue weighted by Gasteiger charge is -2.41. The van der Waals surface area contributed by atoms with Gasteiger partial charge in [0.05, 0.1) is 23.0 Å². The average Bonchev–Trinajstić information content (AvgIpc) is 3.20. The van der Waals surface area contributed by atoms with Gasteiger partial charge in [-0.15, -0.1) is 0 Å². The Kier molecular flexibility index (Phi) is 4.99. The fourth-order valence-corrected chi connectivity index (χ4v) is 5.41. The Labute approximate surface area is 168 Å². The van der Waals surface area contributed by atoms with Crippen LogP contribution in [-0.2, 0) is 10.0 Å². The van der Waals surface area contributed by atoms with Crippen LogP contribution in [0.5, 0.6) is 5.75 Å². The van der Waals surface area contributed by atoms with Crippen LogP contribution in [0.1, 0.15) is 37.8 Å². The fraction of sp³-hybridized carbons (Fsp3) is 0.500. The van der Waals surface area contributed by atoms with Gasteiger partial charge in [0.1, 0.15) is 12.1 Å². The molecular weight excluding hydrogens is 398 g/mol. The Hall–Kier alpha value is -2.22. The predicted octanol–water partition coefficient (Wildman–Crippen LogP) is 2.79. The van der Waals surface area contributed by atoms with Crippen LogP contribution in [0.25, 0.3) is 0 Å². The molecule has 0 bridgehead atoms. The van der Waals surface area contributed by atoms with Crippen molar-refractivity contribution in [3.63, 3.8) is 0 Å². The molecule has 2 aromatic rings. The molecular formula is C18H21N5O3S2. The van der Waals surface area contributed by atoms with Gasteiger partial charge in [0.25, 0.3) is 10.0 Å². The lowest BCUT2D eigenvalue weighted by molar-refractivity contribution is 0.0847. The zero-order valence-corrected chi connectivity index (χ0v) is 17.1. The van der Waals surface area contributed by atoms with E-state index in [9.17, 15) is 13.7 Å². The molecule has 1 unspecified atom stereocenters. The zero-order chi connectivity index (χ0) is 19.8.